The van der Waals surface area contributed by atoms with E-state index in [4.69, 9.17) is 14.8 Å². The second kappa shape index (κ2) is 11.5. The fourth-order valence-electron chi connectivity index (χ4n) is 4.42. The number of carbonyl (C=O) groups excluding carboxylic acids is 1. The van der Waals surface area contributed by atoms with Crippen molar-refractivity contribution in [2.24, 2.45) is 0 Å². The van der Waals surface area contributed by atoms with Crippen LogP contribution in [0.15, 0.2) is 60.8 Å². The van der Waals surface area contributed by atoms with Gasteiger partial charge in [0.05, 0.1) is 19.2 Å². The predicted molar refractivity (Wildman–Crippen MR) is 138 cm³/mol. The summed E-state index contributed by atoms with van der Waals surface area (Å²) in [6.07, 6.45) is 1.80. The van der Waals surface area contributed by atoms with Gasteiger partial charge in [-0.3, -0.25) is 4.79 Å². The van der Waals surface area contributed by atoms with Gasteiger partial charge in [-0.1, -0.05) is 30.3 Å². The van der Waals surface area contributed by atoms with Crippen molar-refractivity contribution < 1.29 is 19.4 Å². The van der Waals surface area contributed by atoms with Gasteiger partial charge >= 0.3 is 12.1 Å². The molecule has 1 aromatic heterocycles. The van der Waals surface area contributed by atoms with E-state index in [9.17, 15) is 9.59 Å². The fourth-order valence-corrected chi connectivity index (χ4v) is 4.42. The number of rotatable bonds is 8. The molecule has 0 bridgehead atoms. The molecule has 2 N–H and O–H groups in total. The van der Waals surface area contributed by atoms with Crippen LogP contribution in [0.4, 0.5) is 22.1 Å². The first-order chi connectivity index (χ1) is 17.4. The van der Waals surface area contributed by atoms with Crippen LogP contribution >= 0.6 is 0 Å². The van der Waals surface area contributed by atoms with E-state index in [1.807, 2.05) is 61.5 Å². The Morgan fingerprint density at radius 2 is 1.75 bits per heavy atom. The highest BCUT2D eigenvalue weighted by molar-refractivity contribution is 5.70. The molecule has 0 radical (unpaired) electrons. The molecule has 1 atom stereocenters. The standard InChI is InChI=1S/C27H31N5O4/c1-19-18-28-26(30-25(19)21(17-24(33)36-2)16-20-6-4-3-5-7-20)29-22-8-10-23(11-9-22)31-12-14-32(15-13-31)27(34)35/h3-11,18,21H,12-17H2,1-2H3,(H,34,35)(H,28,29,30). The van der Waals surface area contributed by atoms with E-state index in [0.717, 1.165) is 28.2 Å². The molecular weight excluding hydrogens is 458 g/mol. The van der Waals surface area contributed by atoms with Crippen molar-refractivity contribution in [3.63, 3.8) is 0 Å². The smallest absolute Gasteiger partial charge is 0.407 e. The minimum absolute atomic E-state index is 0.143. The predicted octanol–water partition coefficient (Wildman–Crippen LogP) is 4.22. The number of hydrogen-bond donors (Lipinski definition) is 2. The lowest BCUT2D eigenvalue weighted by molar-refractivity contribution is -0.141. The van der Waals surface area contributed by atoms with Crippen molar-refractivity contribution in [2.45, 2.75) is 25.7 Å². The number of amides is 1. The van der Waals surface area contributed by atoms with Gasteiger partial charge in [-0.2, -0.15) is 0 Å². The minimum Gasteiger partial charge on any atom is -0.469 e. The second-order valence-electron chi connectivity index (χ2n) is 8.86. The Bertz CT molecular complexity index is 1180. The Morgan fingerprint density at radius 3 is 2.39 bits per heavy atom. The number of nitrogens with zero attached hydrogens (tertiary/aromatic N) is 4. The van der Waals surface area contributed by atoms with Crippen molar-refractivity contribution in [1.29, 1.82) is 0 Å². The molecule has 1 aliphatic heterocycles. The van der Waals surface area contributed by atoms with Crippen LogP contribution in [0.1, 0.15) is 29.2 Å². The third kappa shape index (κ3) is 6.29. The highest BCUT2D eigenvalue weighted by Crippen LogP contribution is 2.28. The van der Waals surface area contributed by atoms with E-state index >= 15 is 0 Å². The van der Waals surface area contributed by atoms with Gasteiger partial charge < -0.3 is 25.0 Å². The second-order valence-corrected chi connectivity index (χ2v) is 8.86. The molecule has 9 heteroatoms. The van der Waals surface area contributed by atoms with Crippen LogP contribution in [-0.2, 0) is 16.0 Å². The Kier molecular flexibility index (Phi) is 7.99. The summed E-state index contributed by atoms with van der Waals surface area (Å²) < 4.78 is 4.95. The molecule has 1 saturated heterocycles. The van der Waals surface area contributed by atoms with Crippen molar-refractivity contribution in [1.82, 2.24) is 14.9 Å². The van der Waals surface area contributed by atoms with Gasteiger partial charge in [0.1, 0.15) is 0 Å². The zero-order valence-electron chi connectivity index (χ0n) is 20.6. The number of carboxylic acid groups (broad SMARTS) is 1. The number of benzene rings is 2. The molecule has 2 aromatic carbocycles. The van der Waals surface area contributed by atoms with E-state index < -0.39 is 6.09 Å². The molecule has 1 amide bonds. The fraction of sp³-hybridized carbons (Fsp3) is 0.333. The van der Waals surface area contributed by atoms with Crippen LogP contribution < -0.4 is 10.2 Å². The Hall–Kier alpha value is -4.14. The molecule has 1 aliphatic rings. The number of hydrogen-bond acceptors (Lipinski definition) is 7. The van der Waals surface area contributed by atoms with Crippen LogP contribution in [0.5, 0.6) is 0 Å². The van der Waals surface area contributed by atoms with E-state index in [1.165, 1.54) is 12.0 Å². The van der Waals surface area contributed by atoms with Gasteiger partial charge in [0, 0.05) is 49.7 Å². The summed E-state index contributed by atoms with van der Waals surface area (Å²) in [7, 11) is 1.40. The average Bonchev–Trinajstić information content (AvgIpc) is 2.90. The van der Waals surface area contributed by atoms with Gasteiger partial charge in [-0.25, -0.2) is 14.8 Å². The van der Waals surface area contributed by atoms with Crippen LogP contribution in [-0.4, -0.2) is 65.3 Å². The number of carbonyl (C=O) groups is 2. The summed E-state index contributed by atoms with van der Waals surface area (Å²) in [6.45, 7) is 4.25. The molecule has 1 fully saturated rings. The summed E-state index contributed by atoms with van der Waals surface area (Å²) in [5.41, 5.74) is 4.73. The lowest BCUT2D eigenvalue weighted by Crippen LogP contribution is -2.48. The topological polar surface area (TPSA) is 108 Å². The molecule has 4 rings (SSSR count). The highest BCUT2D eigenvalue weighted by atomic mass is 16.5. The summed E-state index contributed by atoms with van der Waals surface area (Å²) in [5, 5.41) is 12.4. The molecule has 0 saturated carbocycles. The largest absolute Gasteiger partial charge is 0.469 e. The van der Waals surface area contributed by atoms with E-state index in [-0.39, 0.29) is 18.3 Å². The Balaban J connectivity index is 1.48. The molecule has 9 nitrogen and oxygen atoms in total. The number of methoxy groups -OCH3 is 1. The zero-order chi connectivity index (χ0) is 25.5. The van der Waals surface area contributed by atoms with Crippen molar-refractivity contribution in [3.05, 3.63) is 77.6 Å². The summed E-state index contributed by atoms with van der Waals surface area (Å²) in [4.78, 5) is 36.1. The van der Waals surface area contributed by atoms with Crippen LogP contribution in [0.3, 0.4) is 0 Å². The highest BCUT2D eigenvalue weighted by Gasteiger charge is 2.22. The van der Waals surface area contributed by atoms with Gasteiger partial charge in [0.15, 0.2) is 0 Å². The molecule has 1 unspecified atom stereocenters. The number of esters is 1. The first-order valence-corrected chi connectivity index (χ1v) is 12.0. The summed E-state index contributed by atoms with van der Waals surface area (Å²) in [6, 6.07) is 18.0. The Labute approximate surface area is 210 Å². The maximum Gasteiger partial charge on any atom is 0.407 e. The Morgan fingerprint density at radius 1 is 1.06 bits per heavy atom. The van der Waals surface area contributed by atoms with Crippen molar-refractivity contribution >= 4 is 29.4 Å². The molecule has 2 heterocycles. The number of anilines is 3. The first-order valence-electron chi connectivity index (χ1n) is 12.0. The number of aryl methyl sites for hydroxylation is 1. The van der Waals surface area contributed by atoms with Gasteiger partial charge in [-0.15, -0.1) is 0 Å². The molecule has 188 valence electrons. The maximum atomic E-state index is 12.2. The van der Waals surface area contributed by atoms with E-state index in [2.05, 4.69) is 15.2 Å². The minimum atomic E-state index is -0.871. The lowest BCUT2D eigenvalue weighted by Gasteiger charge is -2.34. The lowest BCUT2D eigenvalue weighted by atomic mass is 9.91. The van der Waals surface area contributed by atoms with E-state index in [0.29, 0.717) is 38.5 Å². The molecule has 3 aromatic rings. The molecular formula is C27H31N5O4. The molecule has 0 spiro atoms. The van der Waals surface area contributed by atoms with Crippen molar-refractivity contribution in [3.8, 4) is 0 Å². The van der Waals surface area contributed by atoms with Crippen LogP contribution in [0, 0.1) is 6.92 Å². The monoisotopic (exact) mass is 489 g/mol. The number of nitrogens with one attached hydrogen (secondary N) is 1. The van der Waals surface area contributed by atoms with Crippen molar-refractivity contribution in [2.75, 3.05) is 43.5 Å². The van der Waals surface area contributed by atoms with Gasteiger partial charge in [-0.05, 0) is 48.7 Å². The maximum absolute atomic E-state index is 12.2. The van der Waals surface area contributed by atoms with Crippen LogP contribution in [0.2, 0.25) is 0 Å². The summed E-state index contributed by atoms with van der Waals surface area (Å²) >= 11 is 0. The van der Waals surface area contributed by atoms with E-state index in [1.54, 1.807) is 6.20 Å². The third-order valence-electron chi connectivity index (χ3n) is 6.40. The SMILES string of the molecule is COC(=O)CC(Cc1ccccc1)c1nc(Nc2ccc(N3CCN(C(=O)O)CC3)cc2)ncc1C. The number of piperazine rings is 1. The van der Waals surface area contributed by atoms with Crippen LogP contribution in [0.25, 0.3) is 0 Å². The van der Waals surface area contributed by atoms with Gasteiger partial charge in [0.25, 0.3) is 0 Å². The summed E-state index contributed by atoms with van der Waals surface area (Å²) in [5.74, 6) is 0.0415. The molecule has 0 aliphatic carbocycles. The van der Waals surface area contributed by atoms with Gasteiger partial charge in [0.2, 0.25) is 5.95 Å². The first kappa shape index (κ1) is 25.0. The average molecular weight is 490 g/mol. The zero-order valence-corrected chi connectivity index (χ0v) is 20.6. The molecule has 36 heavy (non-hydrogen) atoms. The number of ether oxygens (including phenoxy) is 1. The third-order valence-corrected chi connectivity index (χ3v) is 6.40. The number of aromatic nitrogens is 2. The quantitative estimate of drug-likeness (QED) is 0.453. The normalized spacial score (nSPS) is 14.3.